The van der Waals surface area contributed by atoms with Crippen LogP contribution in [0.3, 0.4) is 0 Å². The average molecular weight is 498 g/mol. The van der Waals surface area contributed by atoms with Crippen LogP contribution in [-0.4, -0.2) is 29.8 Å². The molecule has 0 N–H and O–H groups in total. The molecule has 6 heteroatoms. The van der Waals surface area contributed by atoms with Gasteiger partial charge in [-0.15, -0.1) is 23.2 Å². The highest BCUT2D eigenvalue weighted by molar-refractivity contribution is 6.25. The molecule has 0 saturated heterocycles. The van der Waals surface area contributed by atoms with Crippen LogP contribution >= 0.6 is 23.2 Å². The first kappa shape index (κ1) is 27.7. The Labute approximate surface area is 209 Å². The van der Waals surface area contributed by atoms with Gasteiger partial charge in [-0.25, -0.2) is 0 Å². The van der Waals surface area contributed by atoms with Crippen LogP contribution in [0.15, 0.2) is 36.4 Å². The lowest BCUT2D eigenvalue weighted by atomic mass is 9.85. The number of halogens is 2. The summed E-state index contributed by atoms with van der Waals surface area (Å²) in [4.78, 5) is 22.8. The van der Waals surface area contributed by atoms with E-state index in [2.05, 4.69) is 48.1 Å². The van der Waals surface area contributed by atoms with E-state index in [1.165, 1.54) is 19.6 Å². The molecule has 0 amide bonds. The van der Waals surface area contributed by atoms with Gasteiger partial charge in [0, 0.05) is 30.0 Å². The van der Waals surface area contributed by atoms with Gasteiger partial charge in [-0.1, -0.05) is 56.2 Å². The van der Waals surface area contributed by atoms with Gasteiger partial charge < -0.3 is 9.47 Å². The smallest absolute Gasteiger partial charge is 0.305 e. The number of benzene rings is 1. The Morgan fingerprint density at radius 2 is 1.82 bits per heavy atom. The maximum Gasteiger partial charge on any atom is 0.305 e. The Morgan fingerprint density at radius 1 is 1.09 bits per heavy atom. The number of alkyl halides is 2. The van der Waals surface area contributed by atoms with Gasteiger partial charge in [-0.3, -0.25) is 9.59 Å². The number of carbonyl (C=O) groups excluding carboxylic acids is 2. The van der Waals surface area contributed by atoms with Gasteiger partial charge in [0.1, 0.15) is 6.10 Å². The van der Waals surface area contributed by atoms with Crippen LogP contribution in [0.5, 0.6) is 0 Å². The van der Waals surface area contributed by atoms with Crippen LogP contribution in [0.2, 0.25) is 0 Å². The quantitative estimate of drug-likeness (QED) is 0.123. The predicted molar refractivity (Wildman–Crippen MR) is 135 cm³/mol. The highest BCUT2D eigenvalue weighted by atomic mass is 35.5. The second kappa shape index (κ2) is 14.7. The third-order valence-corrected chi connectivity index (χ3v) is 7.34. The van der Waals surface area contributed by atoms with Crippen molar-refractivity contribution in [3.8, 4) is 0 Å². The molecule has 0 bridgehead atoms. The van der Waals surface area contributed by atoms with Crippen LogP contribution in [0.4, 0.5) is 0 Å². The van der Waals surface area contributed by atoms with Crippen molar-refractivity contribution in [1.29, 1.82) is 0 Å². The number of rotatable bonds is 13. The lowest BCUT2D eigenvalue weighted by Gasteiger charge is -2.24. The van der Waals surface area contributed by atoms with Crippen molar-refractivity contribution >= 4 is 35.1 Å². The van der Waals surface area contributed by atoms with Gasteiger partial charge in [-0.05, 0) is 55.6 Å². The van der Waals surface area contributed by atoms with Crippen molar-refractivity contribution in [2.75, 3.05) is 7.11 Å². The fourth-order valence-electron chi connectivity index (χ4n) is 4.62. The summed E-state index contributed by atoms with van der Waals surface area (Å²) in [6.45, 7) is 3.63. The average Bonchev–Trinajstić information content (AvgIpc) is 3.07. The summed E-state index contributed by atoms with van der Waals surface area (Å²) in [6, 6.07) is 8.38. The molecule has 5 atom stereocenters. The molecule has 0 spiro atoms. The molecule has 0 aliphatic heterocycles. The first-order chi connectivity index (χ1) is 15.9. The lowest BCUT2D eigenvalue weighted by molar-refractivity contribution is -0.147. The van der Waals surface area contributed by atoms with Gasteiger partial charge in [0.15, 0.2) is 0 Å². The molecule has 0 radical (unpaired) electrons. The fraction of sp³-hybridized carbons (Fsp3) is 0.630. The summed E-state index contributed by atoms with van der Waals surface area (Å²) in [5.74, 6) is 0.0105. The Hall–Kier alpha value is -1.52. The summed E-state index contributed by atoms with van der Waals surface area (Å²) < 4.78 is 10.3. The molecule has 1 fully saturated rings. The zero-order valence-corrected chi connectivity index (χ0v) is 21.6. The van der Waals surface area contributed by atoms with E-state index in [0.29, 0.717) is 6.42 Å². The van der Waals surface area contributed by atoms with Crippen LogP contribution in [-0.2, 0) is 19.1 Å². The van der Waals surface area contributed by atoms with E-state index in [1.807, 2.05) is 0 Å². The number of hydrogen-bond donors (Lipinski definition) is 0. The molecule has 184 valence electrons. The van der Waals surface area contributed by atoms with E-state index in [9.17, 15) is 9.59 Å². The monoisotopic (exact) mass is 496 g/mol. The van der Waals surface area contributed by atoms with Crippen LogP contribution in [0, 0.1) is 5.92 Å². The summed E-state index contributed by atoms with van der Waals surface area (Å²) in [5.41, 5.74) is 2.21. The molecule has 1 unspecified atom stereocenters. The molecule has 1 aliphatic rings. The lowest BCUT2D eigenvalue weighted by Crippen LogP contribution is -2.16. The number of carbonyl (C=O) groups is 2. The second-order valence-electron chi connectivity index (χ2n) is 8.89. The normalized spacial score (nSPS) is 23.5. The number of unbranched alkanes of at least 4 members (excludes halogenated alkanes) is 3. The molecule has 1 aromatic carbocycles. The standard InChI is InChI=1S/C27H38Cl2O4/c1-4-5-8-12-25(33-19(2)30)20-14-16-21(17-15-20)27-22(23(28)18-24(27)29)11-9-6-7-10-13-26(31)32-3/h6,9,14-17,22-25,27H,4-5,7-8,10-13,18H2,1-3H3/b9-6-/t22-,23+,24+,25?,27+/m0/s1. The summed E-state index contributed by atoms with van der Waals surface area (Å²) >= 11 is 13.4. The Kier molecular flexibility index (Phi) is 12.3. The largest absolute Gasteiger partial charge is 0.469 e. The number of methoxy groups -OCH3 is 1. The van der Waals surface area contributed by atoms with Crippen LogP contribution in [0.25, 0.3) is 0 Å². The number of hydrogen-bond acceptors (Lipinski definition) is 4. The fourth-order valence-corrected chi connectivity index (χ4v) is 5.69. The maximum absolute atomic E-state index is 11.6. The minimum atomic E-state index is -0.249. The Bertz CT molecular complexity index is 762. The summed E-state index contributed by atoms with van der Waals surface area (Å²) in [6.07, 6.45) is 11.9. The maximum atomic E-state index is 11.6. The van der Waals surface area contributed by atoms with E-state index in [4.69, 9.17) is 27.9 Å². The zero-order valence-electron chi connectivity index (χ0n) is 20.1. The molecular weight excluding hydrogens is 459 g/mol. The highest BCUT2D eigenvalue weighted by Gasteiger charge is 2.41. The van der Waals surface area contributed by atoms with E-state index in [1.54, 1.807) is 0 Å². The Balaban J connectivity index is 2.03. The van der Waals surface area contributed by atoms with Gasteiger partial charge in [0.2, 0.25) is 0 Å². The Morgan fingerprint density at radius 3 is 2.45 bits per heavy atom. The van der Waals surface area contributed by atoms with Crippen molar-refractivity contribution in [3.63, 3.8) is 0 Å². The zero-order chi connectivity index (χ0) is 24.2. The number of esters is 2. The molecule has 1 saturated carbocycles. The van der Waals surface area contributed by atoms with Crippen molar-refractivity contribution < 1.29 is 19.1 Å². The summed E-state index contributed by atoms with van der Waals surface area (Å²) in [7, 11) is 1.41. The third-order valence-electron chi connectivity index (χ3n) is 6.39. The van der Waals surface area contributed by atoms with Crippen LogP contribution < -0.4 is 0 Å². The summed E-state index contributed by atoms with van der Waals surface area (Å²) in [5, 5.41) is 0.0182. The number of allylic oxidation sites excluding steroid dienone is 2. The second-order valence-corrected chi connectivity index (χ2v) is 10.0. The van der Waals surface area contributed by atoms with Gasteiger partial charge >= 0.3 is 11.9 Å². The number of ether oxygens (including phenoxy) is 2. The van der Waals surface area contributed by atoms with E-state index in [-0.39, 0.29) is 40.6 Å². The van der Waals surface area contributed by atoms with E-state index >= 15 is 0 Å². The third kappa shape index (κ3) is 8.98. The van der Waals surface area contributed by atoms with Crippen LogP contribution in [0.1, 0.15) is 94.8 Å². The van der Waals surface area contributed by atoms with Crippen molar-refractivity contribution in [3.05, 3.63) is 47.5 Å². The van der Waals surface area contributed by atoms with Crippen molar-refractivity contribution in [1.82, 2.24) is 0 Å². The van der Waals surface area contributed by atoms with E-state index < -0.39 is 0 Å². The van der Waals surface area contributed by atoms with Crippen molar-refractivity contribution in [2.24, 2.45) is 5.92 Å². The van der Waals surface area contributed by atoms with E-state index in [0.717, 1.165) is 56.9 Å². The molecular formula is C27H38Cl2O4. The molecule has 1 aromatic rings. The molecule has 2 rings (SSSR count). The molecule has 33 heavy (non-hydrogen) atoms. The molecule has 1 aliphatic carbocycles. The van der Waals surface area contributed by atoms with Gasteiger partial charge in [-0.2, -0.15) is 0 Å². The minimum Gasteiger partial charge on any atom is -0.469 e. The minimum absolute atomic E-state index is 0.00936. The SMILES string of the molecule is CCCCCC(OC(C)=O)c1ccc([C@@H]2[C@@H](C/C=C\CCCC(=O)OC)[C@H](Cl)C[C@H]2Cl)cc1. The topological polar surface area (TPSA) is 52.6 Å². The van der Waals surface area contributed by atoms with Crippen molar-refractivity contribution in [2.45, 2.75) is 94.4 Å². The first-order valence-electron chi connectivity index (χ1n) is 12.1. The van der Waals surface area contributed by atoms with Gasteiger partial charge in [0.05, 0.1) is 7.11 Å². The molecule has 0 aromatic heterocycles. The van der Waals surface area contributed by atoms with Gasteiger partial charge in [0.25, 0.3) is 0 Å². The molecule has 0 heterocycles. The molecule has 4 nitrogen and oxygen atoms in total. The predicted octanol–water partition coefficient (Wildman–Crippen LogP) is 7.48. The highest BCUT2D eigenvalue weighted by Crippen LogP contribution is 2.47. The first-order valence-corrected chi connectivity index (χ1v) is 13.0.